The van der Waals surface area contributed by atoms with E-state index in [0.717, 1.165) is 48.6 Å². The first-order valence-electron chi connectivity index (χ1n) is 11.2. The van der Waals surface area contributed by atoms with Gasteiger partial charge in [0.15, 0.2) is 0 Å². The van der Waals surface area contributed by atoms with E-state index >= 15 is 0 Å². The summed E-state index contributed by atoms with van der Waals surface area (Å²) in [7, 11) is -1.47. The molecule has 2 aromatic rings. The largest absolute Gasteiger partial charge is 0.493 e. The Balaban J connectivity index is 1.37. The molecule has 0 radical (unpaired) electrons. The maximum atomic E-state index is 13.3. The molecule has 2 aliphatic rings. The van der Waals surface area contributed by atoms with Crippen LogP contribution in [0, 0.1) is 6.92 Å². The fraction of sp³-hybridized carbons (Fsp3) is 0.500. The van der Waals surface area contributed by atoms with Crippen molar-refractivity contribution in [1.29, 1.82) is 0 Å². The van der Waals surface area contributed by atoms with E-state index in [0.29, 0.717) is 42.2 Å². The molecule has 2 aromatic carbocycles. The van der Waals surface area contributed by atoms with Crippen LogP contribution in [0.25, 0.3) is 0 Å². The number of hydrogen-bond acceptors (Lipinski definition) is 6. The van der Waals surface area contributed by atoms with Gasteiger partial charge in [-0.2, -0.15) is 0 Å². The third-order valence-corrected chi connectivity index (χ3v) is 8.81. The van der Waals surface area contributed by atoms with Gasteiger partial charge in [-0.25, -0.2) is 8.42 Å². The molecule has 32 heavy (non-hydrogen) atoms. The van der Waals surface area contributed by atoms with E-state index < -0.39 is 10.0 Å². The maximum absolute atomic E-state index is 13.3. The van der Waals surface area contributed by atoms with Crippen molar-refractivity contribution in [3.63, 3.8) is 0 Å². The minimum absolute atomic E-state index is 0.318. The highest BCUT2D eigenvalue weighted by molar-refractivity contribution is 8.00. The van der Waals surface area contributed by atoms with E-state index in [1.54, 1.807) is 23.9 Å². The zero-order chi connectivity index (χ0) is 22.6. The van der Waals surface area contributed by atoms with Gasteiger partial charge in [0, 0.05) is 42.8 Å². The third-order valence-electron chi connectivity index (χ3n) is 5.94. The first kappa shape index (κ1) is 23.4. The van der Waals surface area contributed by atoms with Crippen LogP contribution >= 0.6 is 11.8 Å². The molecule has 0 atom stereocenters. The lowest BCUT2D eigenvalue weighted by molar-refractivity contribution is 0.00784. The minimum atomic E-state index is -3.61. The predicted molar refractivity (Wildman–Crippen MR) is 129 cm³/mol. The first-order valence-corrected chi connectivity index (χ1v) is 13.7. The summed E-state index contributed by atoms with van der Waals surface area (Å²) < 4.78 is 40.0. The quantitative estimate of drug-likeness (QED) is 0.533. The fourth-order valence-corrected chi connectivity index (χ4v) is 6.63. The van der Waals surface area contributed by atoms with Crippen molar-refractivity contribution in [3.8, 4) is 5.75 Å². The minimum Gasteiger partial charge on any atom is -0.493 e. The van der Waals surface area contributed by atoms with Crippen molar-refractivity contribution in [3.05, 3.63) is 48.0 Å². The fourth-order valence-electron chi connectivity index (χ4n) is 4.00. The van der Waals surface area contributed by atoms with Crippen LogP contribution in [0.5, 0.6) is 5.75 Å². The Kier molecular flexibility index (Phi) is 7.66. The van der Waals surface area contributed by atoms with Crippen LogP contribution in [0.1, 0.15) is 24.8 Å². The number of anilines is 1. The molecule has 0 N–H and O–H groups in total. The summed E-state index contributed by atoms with van der Waals surface area (Å²) >= 11 is 1.68. The Hall–Kier alpha value is -1.74. The molecule has 6 nitrogen and oxygen atoms in total. The number of sulfonamides is 1. The van der Waals surface area contributed by atoms with Crippen molar-refractivity contribution in [2.45, 2.75) is 42.1 Å². The zero-order valence-electron chi connectivity index (χ0n) is 18.8. The highest BCUT2D eigenvalue weighted by atomic mass is 32.2. The average molecular weight is 477 g/mol. The summed E-state index contributed by atoms with van der Waals surface area (Å²) in [5.41, 5.74) is 1.73. The SMILES string of the molecule is Cc1ccc(S(=O)(=O)N2CCSc3ccc(OCCCOC4CCN(C)CC4)cc32)cc1. The zero-order valence-corrected chi connectivity index (χ0v) is 20.5. The molecule has 1 saturated heterocycles. The molecular weight excluding hydrogens is 444 g/mol. The number of likely N-dealkylation sites (tertiary alicyclic amines) is 1. The number of fused-ring (bicyclic) bond motifs is 1. The van der Waals surface area contributed by atoms with Gasteiger partial charge in [-0.3, -0.25) is 4.31 Å². The van der Waals surface area contributed by atoms with Gasteiger partial charge in [-0.15, -0.1) is 11.8 Å². The number of thioether (sulfide) groups is 1. The van der Waals surface area contributed by atoms with Crippen molar-refractivity contribution in [1.82, 2.24) is 4.90 Å². The van der Waals surface area contributed by atoms with Gasteiger partial charge in [0.1, 0.15) is 5.75 Å². The van der Waals surface area contributed by atoms with E-state index in [4.69, 9.17) is 9.47 Å². The van der Waals surface area contributed by atoms with Crippen molar-refractivity contribution in [2.24, 2.45) is 0 Å². The Labute approximate surface area is 195 Å². The van der Waals surface area contributed by atoms with Crippen LogP contribution in [0.15, 0.2) is 52.3 Å². The smallest absolute Gasteiger partial charge is 0.264 e. The lowest BCUT2D eigenvalue weighted by Gasteiger charge is -2.30. The summed E-state index contributed by atoms with van der Waals surface area (Å²) in [5, 5.41) is 0. The lowest BCUT2D eigenvalue weighted by Crippen LogP contribution is -2.35. The lowest BCUT2D eigenvalue weighted by atomic mass is 10.1. The van der Waals surface area contributed by atoms with Crippen LogP contribution in [-0.2, 0) is 14.8 Å². The van der Waals surface area contributed by atoms with Gasteiger partial charge in [0.25, 0.3) is 10.0 Å². The summed E-state index contributed by atoms with van der Waals surface area (Å²) in [6, 6.07) is 12.8. The molecule has 0 aliphatic carbocycles. The van der Waals surface area contributed by atoms with E-state index in [9.17, 15) is 8.42 Å². The molecule has 0 saturated carbocycles. The Morgan fingerprint density at radius 2 is 1.78 bits per heavy atom. The number of ether oxygens (including phenoxy) is 2. The van der Waals surface area contributed by atoms with E-state index in [1.807, 2.05) is 37.3 Å². The van der Waals surface area contributed by atoms with Gasteiger partial charge >= 0.3 is 0 Å². The average Bonchev–Trinajstić information content (AvgIpc) is 2.80. The van der Waals surface area contributed by atoms with E-state index in [2.05, 4.69) is 11.9 Å². The normalized spacial score (nSPS) is 17.9. The Morgan fingerprint density at radius 1 is 1.03 bits per heavy atom. The maximum Gasteiger partial charge on any atom is 0.264 e. The Bertz CT molecular complexity index is 1000. The molecule has 8 heteroatoms. The highest BCUT2D eigenvalue weighted by Crippen LogP contribution is 2.40. The molecule has 0 amide bonds. The van der Waals surface area contributed by atoms with E-state index in [-0.39, 0.29) is 0 Å². The number of rotatable bonds is 8. The molecule has 1 fully saturated rings. The molecule has 2 heterocycles. The second-order valence-electron chi connectivity index (χ2n) is 8.44. The standard InChI is InChI=1S/C24H32N2O4S2/c1-19-4-7-22(8-5-19)32(27,28)26-14-17-31-24-9-6-21(18-23(24)26)30-16-3-15-29-20-10-12-25(2)13-11-20/h4-9,18,20H,3,10-17H2,1-2H3. The molecule has 0 unspecified atom stereocenters. The number of nitrogens with zero attached hydrogens (tertiary/aromatic N) is 2. The summed E-state index contributed by atoms with van der Waals surface area (Å²) in [4.78, 5) is 3.61. The molecule has 0 spiro atoms. The van der Waals surface area contributed by atoms with E-state index in [1.165, 1.54) is 4.31 Å². The highest BCUT2D eigenvalue weighted by Gasteiger charge is 2.30. The predicted octanol–water partition coefficient (Wildman–Crippen LogP) is 4.18. The van der Waals surface area contributed by atoms with Gasteiger partial charge in [-0.1, -0.05) is 17.7 Å². The molecule has 0 aromatic heterocycles. The van der Waals surface area contributed by atoms with Crippen LogP contribution in [0.4, 0.5) is 5.69 Å². The van der Waals surface area contributed by atoms with Crippen molar-refractivity contribution < 1.29 is 17.9 Å². The number of aryl methyl sites for hydroxylation is 1. The Morgan fingerprint density at radius 3 is 2.53 bits per heavy atom. The summed E-state index contributed by atoms with van der Waals surface area (Å²) in [6.45, 7) is 5.81. The van der Waals surface area contributed by atoms with Gasteiger partial charge in [0.05, 0.1) is 29.9 Å². The molecule has 0 bridgehead atoms. The summed E-state index contributed by atoms with van der Waals surface area (Å²) in [5.74, 6) is 1.42. The first-order chi connectivity index (χ1) is 15.4. The van der Waals surface area contributed by atoms with Gasteiger partial charge in [0.2, 0.25) is 0 Å². The molecule has 4 rings (SSSR count). The van der Waals surface area contributed by atoms with Crippen LogP contribution in [0.3, 0.4) is 0 Å². The molecule has 2 aliphatic heterocycles. The van der Waals surface area contributed by atoms with Gasteiger partial charge < -0.3 is 14.4 Å². The topological polar surface area (TPSA) is 59.1 Å². The number of benzene rings is 2. The van der Waals surface area contributed by atoms with Crippen molar-refractivity contribution in [2.75, 3.05) is 50.0 Å². The number of piperidine rings is 1. The monoisotopic (exact) mass is 476 g/mol. The van der Waals surface area contributed by atoms with Crippen LogP contribution in [-0.4, -0.2) is 65.1 Å². The second kappa shape index (κ2) is 10.5. The second-order valence-corrected chi connectivity index (χ2v) is 11.4. The third kappa shape index (κ3) is 5.60. The number of hydrogen-bond donors (Lipinski definition) is 0. The van der Waals surface area contributed by atoms with Crippen molar-refractivity contribution >= 4 is 27.5 Å². The summed E-state index contributed by atoms with van der Waals surface area (Å²) in [6.07, 6.45) is 3.34. The molecular formula is C24H32N2O4S2. The van der Waals surface area contributed by atoms with Gasteiger partial charge in [-0.05, 0) is 51.1 Å². The van der Waals surface area contributed by atoms with Crippen LogP contribution in [0.2, 0.25) is 0 Å². The van der Waals surface area contributed by atoms with Crippen LogP contribution < -0.4 is 9.04 Å². The molecule has 174 valence electrons.